The molecule has 0 aliphatic carbocycles. The van der Waals surface area contributed by atoms with Gasteiger partial charge in [0.1, 0.15) is 6.61 Å². The van der Waals surface area contributed by atoms with Crippen molar-refractivity contribution in [2.45, 2.75) is 25.6 Å². The van der Waals surface area contributed by atoms with Gasteiger partial charge in [0.05, 0.1) is 12.2 Å². The first-order valence-corrected chi connectivity index (χ1v) is 4.28. The second kappa shape index (κ2) is 5.53. The summed E-state index contributed by atoms with van der Waals surface area (Å²) in [5.74, 6) is 0. The van der Waals surface area contributed by atoms with Crippen LogP contribution in [-0.4, -0.2) is 43.2 Å². The minimum Gasteiger partial charge on any atom is -0.389 e. The van der Waals surface area contributed by atoms with Crippen molar-refractivity contribution in [1.29, 1.82) is 0 Å². The van der Waals surface area contributed by atoms with E-state index in [9.17, 15) is 18.3 Å². The molecule has 0 aliphatic heterocycles. The molecule has 14 heavy (non-hydrogen) atoms. The molecule has 0 saturated carbocycles. The molecular formula is C8H16F3NO2. The van der Waals surface area contributed by atoms with Crippen LogP contribution < -0.4 is 5.32 Å². The zero-order valence-corrected chi connectivity index (χ0v) is 8.32. The number of aliphatic hydroxyl groups is 1. The summed E-state index contributed by atoms with van der Waals surface area (Å²) in [6, 6.07) is 0. The Kier molecular flexibility index (Phi) is 5.40. The Bertz CT molecular complexity index is 136. The van der Waals surface area contributed by atoms with Crippen molar-refractivity contribution in [2.75, 3.05) is 26.3 Å². The molecule has 0 radical (unpaired) electrons. The monoisotopic (exact) mass is 215 g/mol. The fraction of sp³-hybridized carbons (Fsp3) is 1.00. The van der Waals surface area contributed by atoms with E-state index in [4.69, 9.17) is 0 Å². The molecule has 0 bridgehead atoms. The second-order valence-corrected chi connectivity index (χ2v) is 3.66. The quantitative estimate of drug-likeness (QED) is 0.647. The van der Waals surface area contributed by atoms with Crippen molar-refractivity contribution >= 4 is 0 Å². The Morgan fingerprint density at radius 1 is 1.29 bits per heavy atom. The summed E-state index contributed by atoms with van der Waals surface area (Å²) >= 11 is 0. The molecule has 3 nitrogen and oxygen atoms in total. The molecular weight excluding hydrogens is 199 g/mol. The number of nitrogens with one attached hydrogen (secondary N) is 1. The van der Waals surface area contributed by atoms with Crippen molar-refractivity contribution in [3.05, 3.63) is 0 Å². The van der Waals surface area contributed by atoms with E-state index in [2.05, 4.69) is 10.1 Å². The van der Waals surface area contributed by atoms with Crippen LogP contribution in [0.15, 0.2) is 0 Å². The van der Waals surface area contributed by atoms with Gasteiger partial charge in [-0.25, -0.2) is 0 Å². The summed E-state index contributed by atoms with van der Waals surface area (Å²) in [5.41, 5.74) is -0.857. The summed E-state index contributed by atoms with van der Waals surface area (Å²) < 4.78 is 39.0. The molecule has 0 atom stereocenters. The Morgan fingerprint density at radius 3 is 2.29 bits per heavy atom. The van der Waals surface area contributed by atoms with Gasteiger partial charge in [0.25, 0.3) is 0 Å². The molecule has 0 aromatic carbocycles. The SMILES string of the molecule is CC(C)(O)CNCCOCC(F)(F)F. The summed E-state index contributed by atoms with van der Waals surface area (Å²) in [7, 11) is 0. The molecule has 0 heterocycles. The highest BCUT2D eigenvalue weighted by Crippen LogP contribution is 2.13. The first kappa shape index (κ1) is 13.7. The normalized spacial score (nSPS) is 13.3. The first-order chi connectivity index (χ1) is 6.21. The van der Waals surface area contributed by atoms with E-state index in [0.29, 0.717) is 13.1 Å². The van der Waals surface area contributed by atoms with Crippen LogP contribution in [0.5, 0.6) is 0 Å². The number of alkyl halides is 3. The molecule has 0 saturated heterocycles. The zero-order valence-electron chi connectivity index (χ0n) is 8.32. The average Bonchev–Trinajstić information content (AvgIpc) is 1.92. The Hall–Kier alpha value is -0.330. The topological polar surface area (TPSA) is 41.5 Å². The van der Waals surface area contributed by atoms with E-state index in [-0.39, 0.29) is 6.61 Å². The van der Waals surface area contributed by atoms with Crippen LogP contribution in [0.1, 0.15) is 13.8 Å². The summed E-state index contributed by atoms with van der Waals surface area (Å²) in [4.78, 5) is 0. The average molecular weight is 215 g/mol. The molecule has 0 amide bonds. The van der Waals surface area contributed by atoms with Crippen LogP contribution in [0, 0.1) is 0 Å². The Morgan fingerprint density at radius 2 is 1.86 bits per heavy atom. The maximum absolute atomic E-state index is 11.6. The number of hydrogen-bond donors (Lipinski definition) is 2. The molecule has 0 fully saturated rings. The second-order valence-electron chi connectivity index (χ2n) is 3.66. The Labute approximate surface area is 81.2 Å². The van der Waals surface area contributed by atoms with E-state index < -0.39 is 18.4 Å². The molecule has 86 valence electrons. The van der Waals surface area contributed by atoms with Gasteiger partial charge in [-0.1, -0.05) is 0 Å². The minimum atomic E-state index is -4.27. The van der Waals surface area contributed by atoms with Gasteiger partial charge in [-0.05, 0) is 13.8 Å². The fourth-order valence-corrected chi connectivity index (χ4v) is 0.727. The molecule has 0 spiro atoms. The van der Waals surface area contributed by atoms with Gasteiger partial charge in [-0.2, -0.15) is 13.2 Å². The minimum absolute atomic E-state index is 0.0183. The van der Waals surface area contributed by atoms with E-state index in [1.807, 2.05) is 0 Å². The van der Waals surface area contributed by atoms with E-state index in [0.717, 1.165) is 0 Å². The summed E-state index contributed by atoms with van der Waals surface area (Å²) in [5, 5.41) is 12.0. The van der Waals surface area contributed by atoms with E-state index >= 15 is 0 Å². The lowest BCUT2D eigenvalue weighted by atomic mass is 10.1. The maximum Gasteiger partial charge on any atom is 0.411 e. The lowest BCUT2D eigenvalue weighted by Gasteiger charge is -2.17. The molecule has 0 rings (SSSR count). The third kappa shape index (κ3) is 11.7. The third-order valence-corrected chi connectivity index (χ3v) is 1.25. The van der Waals surface area contributed by atoms with Crippen molar-refractivity contribution in [3.8, 4) is 0 Å². The van der Waals surface area contributed by atoms with Crippen LogP contribution in [0.3, 0.4) is 0 Å². The number of ether oxygens (including phenoxy) is 1. The lowest BCUT2D eigenvalue weighted by molar-refractivity contribution is -0.173. The summed E-state index contributed by atoms with van der Waals surface area (Å²) in [6.45, 7) is 2.59. The predicted molar refractivity (Wildman–Crippen MR) is 46.0 cm³/mol. The molecule has 6 heteroatoms. The van der Waals surface area contributed by atoms with Crippen LogP contribution >= 0.6 is 0 Å². The number of rotatable bonds is 6. The Balaban J connectivity index is 3.23. The smallest absolute Gasteiger partial charge is 0.389 e. The van der Waals surface area contributed by atoms with Crippen molar-refractivity contribution < 1.29 is 23.0 Å². The van der Waals surface area contributed by atoms with Crippen molar-refractivity contribution in [1.82, 2.24) is 5.32 Å². The highest BCUT2D eigenvalue weighted by Gasteiger charge is 2.27. The van der Waals surface area contributed by atoms with Crippen molar-refractivity contribution in [3.63, 3.8) is 0 Å². The van der Waals surface area contributed by atoms with Gasteiger partial charge >= 0.3 is 6.18 Å². The zero-order chi connectivity index (χ0) is 11.2. The van der Waals surface area contributed by atoms with E-state index in [1.54, 1.807) is 13.8 Å². The van der Waals surface area contributed by atoms with Gasteiger partial charge in [-0.3, -0.25) is 0 Å². The predicted octanol–water partition coefficient (Wildman–Crippen LogP) is 0.926. The van der Waals surface area contributed by atoms with E-state index in [1.165, 1.54) is 0 Å². The fourth-order valence-electron chi connectivity index (χ4n) is 0.727. The van der Waals surface area contributed by atoms with Crippen LogP contribution in [0.4, 0.5) is 13.2 Å². The van der Waals surface area contributed by atoms with Crippen molar-refractivity contribution in [2.24, 2.45) is 0 Å². The van der Waals surface area contributed by atoms with Crippen LogP contribution in [-0.2, 0) is 4.74 Å². The lowest BCUT2D eigenvalue weighted by Crippen LogP contribution is -2.36. The van der Waals surface area contributed by atoms with Gasteiger partial charge in [0.15, 0.2) is 0 Å². The number of hydrogen-bond acceptors (Lipinski definition) is 3. The van der Waals surface area contributed by atoms with Crippen LogP contribution in [0.2, 0.25) is 0 Å². The van der Waals surface area contributed by atoms with Gasteiger partial charge in [0.2, 0.25) is 0 Å². The highest BCUT2D eigenvalue weighted by molar-refractivity contribution is 4.67. The molecule has 0 aliphatic rings. The maximum atomic E-state index is 11.6. The molecule has 0 aromatic rings. The third-order valence-electron chi connectivity index (χ3n) is 1.25. The largest absolute Gasteiger partial charge is 0.411 e. The molecule has 0 aromatic heterocycles. The first-order valence-electron chi connectivity index (χ1n) is 4.28. The van der Waals surface area contributed by atoms with Gasteiger partial charge < -0.3 is 15.2 Å². The van der Waals surface area contributed by atoms with Gasteiger partial charge in [-0.15, -0.1) is 0 Å². The van der Waals surface area contributed by atoms with Crippen LogP contribution in [0.25, 0.3) is 0 Å². The standard InChI is InChI=1S/C8H16F3NO2/c1-7(2,13)5-12-3-4-14-6-8(9,10)11/h12-13H,3-6H2,1-2H3. The molecule has 0 unspecified atom stereocenters. The number of halogens is 3. The van der Waals surface area contributed by atoms with Gasteiger partial charge in [0, 0.05) is 13.1 Å². The molecule has 2 N–H and O–H groups in total. The summed E-state index contributed by atoms with van der Waals surface area (Å²) in [6.07, 6.45) is -4.27. The highest BCUT2D eigenvalue weighted by atomic mass is 19.4.